The third-order valence-corrected chi connectivity index (χ3v) is 2.04. The van der Waals surface area contributed by atoms with Gasteiger partial charge in [0.05, 0.1) is 12.7 Å². The van der Waals surface area contributed by atoms with Crippen molar-refractivity contribution >= 4 is 5.97 Å². The highest BCUT2D eigenvalue weighted by atomic mass is 16.7. The van der Waals surface area contributed by atoms with Crippen LogP contribution in [0.5, 0.6) is 0 Å². The number of rotatable bonds is 0. The van der Waals surface area contributed by atoms with Crippen molar-refractivity contribution in [2.45, 2.75) is 25.0 Å². The highest BCUT2D eigenvalue weighted by molar-refractivity contribution is 5.85. The number of hydrogen-bond acceptors (Lipinski definition) is 3. The van der Waals surface area contributed by atoms with E-state index >= 15 is 0 Å². The first-order chi connectivity index (χ1) is 4.26. The first kappa shape index (κ1) is 5.23. The molecule has 2 atom stereocenters. The highest BCUT2D eigenvalue weighted by Crippen LogP contribution is 2.43. The molecule has 2 heterocycles. The molecule has 2 rings (SSSR count). The lowest BCUT2D eigenvalue weighted by Gasteiger charge is -1.91. The van der Waals surface area contributed by atoms with Crippen LogP contribution in [0.3, 0.4) is 0 Å². The van der Waals surface area contributed by atoms with Crippen LogP contribution >= 0.6 is 0 Å². The number of carbonyl (C=O) groups is 1. The Morgan fingerprint density at radius 3 is 2.67 bits per heavy atom. The SMILES string of the molecule is CC1OC12CCOC2=O. The Kier molecular flexibility index (Phi) is 0.750. The minimum absolute atomic E-state index is 0.0903. The normalized spacial score (nSPS) is 47.7. The lowest BCUT2D eigenvalue weighted by Crippen LogP contribution is -2.19. The summed E-state index contributed by atoms with van der Waals surface area (Å²) in [6, 6.07) is 0. The third-order valence-electron chi connectivity index (χ3n) is 2.04. The molecule has 3 nitrogen and oxygen atoms in total. The summed E-state index contributed by atoms with van der Waals surface area (Å²) in [5, 5.41) is 0. The van der Waals surface area contributed by atoms with Crippen LogP contribution in [0.2, 0.25) is 0 Å². The molecule has 9 heavy (non-hydrogen) atoms. The Labute approximate surface area is 52.9 Å². The fourth-order valence-electron chi connectivity index (χ4n) is 1.28. The maximum absolute atomic E-state index is 10.8. The molecule has 2 aliphatic heterocycles. The van der Waals surface area contributed by atoms with E-state index in [0.29, 0.717) is 6.61 Å². The first-order valence-electron chi connectivity index (χ1n) is 3.11. The largest absolute Gasteiger partial charge is 0.463 e. The monoisotopic (exact) mass is 128 g/mol. The predicted molar refractivity (Wildman–Crippen MR) is 28.9 cm³/mol. The molecule has 0 N–H and O–H groups in total. The molecule has 1 spiro atoms. The van der Waals surface area contributed by atoms with Crippen LogP contribution in [0.25, 0.3) is 0 Å². The van der Waals surface area contributed by atoms with Gasteiger partial charge in [0.2, 0.25) is 0 Å². The van der Waals surface area contributed by atoms with E-state index in [2.05, 4.69) is 0 Å². The van der Waals surface area contributed by atoms with Crippen LogP contribution in [0.1, 0.15) is 13.3 Å². The van der Waals surface area contributed by atoms with E-state index < -0.39 is 5.60 Å². The van der Waals surface area contributed by atoms with Gasteiger partial charge in [0.15, 0.2) is 5.60 Å². The standard InChI is InChI=1S/C6H8O3/c1-4-6(9-4)2-3-8-5(6)7/h4H,2-3H2,1H3. The lowest BCUT2D eigenvalue weighted by molar-refractivity contribution is -0.142. The molecule has 0 aromatic rings. The van der Waals surface area contributed by atoms with E-state index in [0.717, 1.165) is 6.42 Å². The van der Waals surface area contributed by atoms with Crippen molar-refractivity contribution in [2.24, 2.45) is 0 Å². The van der Waals surface area contributed by atoms with Gasteiger partial charge in [-0.3, -0.25) is 0 Å². The summed E-state index contributed by atoms with van der Waals surface area (Å²) < 4.78 is 9.84. The van der Waals surface area contributed by atoms with Gasteiger partial charge in [0, 0.05) is 6.42 Å². The van der Waals surface area contributed by atoms with Crippen molar-refractivity contribution in [1.82, 2.24) is 0 Å². The van der Waals surface area contributed by atoms with Crippen LogP contribution in [0, 0.1) is 0 Å². The highest BCUT2D eigenvalue weighted by Gasteiger charge is 2.63. The Bertz CT molecular complexity index is 166. The van der Waals surface area contributed by atoms with Gasteiger partial charge in [0.25, 0.3) is 0 Å². The van der Waals surface area contributed by atoms with Crippen molar-refractivity contribution in [1.29, 1.82) is 0 Å². The number of cyclic esters (lactones) is 1. The molecule has 0 aromatic heterocycles. The van der Waals surface area contributed by atoms with E-state index in [9.17, 15) is 4.79 Å². The van der Waals surface area contributed by atoms with Crippen molar-refractivity contribution in [3.8, 4) is 0 Å². The van der Waals surface area contributed by atoms with Crippen molar-refractivity contribution in [3.63, 3.8) is 0 Å². The van der Waals surface area contributed by atoms with Crippen molar-refractivity contribution < 1.29 is 14.3 Å². The van der Waals surface area contributed by atoms with Crippen LogP contribution < -0.4 is 0 Å². The zero-order valence-corrected chi connectivity index (χ0v) is 5.22. The van der Waals surface area contributed by atoms with Crippen molar-refractivity contribution in [2.75, 3.05) is 6.61 Å². The fourth-order valence-corrected chi connectivity index (χ4v) is 1.28. The molecular weight excluding hydrogens is 120 g/mol. The Morgan fingerprint density at radius 2 is 2.44 bits per heavy atom. The molecule has 0 saturated carbocycles. The Hall–Kier alpha value is -0.570. The molecule has 0 radical (unpaired) electrons. The van der Waals surface area contributed by atoms with E-state index in [1.54, 1.807) is 0 Å². The van der Waals surface area contributed by atoms with Gasteiger partial charge in [-0.1, -0.05) is 0 Å². The molecule has 0 amide bonds. The van der Waals surface area contributed by atoms with Crippen LogP contribution in [-0.2, 0) is 14.3 Å². The van der Waals surface area contributed by atoms with Crippen LogP contribution in [0.15, 0.2) is 0 Å². The van der Waals surface area contributed by atoms with Gasteiger partial charge in [-0.15, -0.1) is 0 Å². The zero-order valence-electron chi connectivity index (χ0n) is 5.22. The van der Waals surface area contributed by atoms with Gasteiger partial charge in [0.1, 0.15) is 0 Å². The average Bonchev–Trinajstić information content (AvgIpc) is 2.29. The zero-order chi connectivity index (χ0) is 6.48. The smallest absolute Gasteiger partial charge is 0.341 e. The number of carbonyl (C=O) groups excluding carboxylic acids is 1. The molecule has 2 unspecified atom stereocenters. The molecule has 2 fully saturated rings. The first-order valence-corrected chi connectivity index (χ1v) is 3.11. The molecule has 2 aliphatic rings. The third kappa shape index (κ3) is 0.477. The van der Waals surface area contributed by atoms with Gasteiger partial charge in [-0.2, -0.15) is 0 Å². The van der Waals surface area contributed by atoms with Crippen LogP contribution in [-0.4, -0.2) is 24.3 Å². The molecule has 2 saturated heterocycles. The Balaban J connectivity index is 2.21. The molecule has 0 aliphatic carbocycles. The maximum Gasteiger partial charge on any atom is 0.341 e. The summed E-state index contributed by atoms with van der Waals surface area (Å²) in [7, 11) is 0. The van der Waals surface area contributed by atoms with E-state index in [1.807, 2.05) is 6.92 Å². The summed E-state index contributed by atoms with van der Waals surface area (Å²) in [5.41, 5.74) is -0.500. The Morgan fingerprint density at radius 1 is 1.78 bits per heavy atom. The summed E-state index contributed by atoms with van der Waals surface area (Å²) in [6.07, 6.45) is 0.833. The minimum Gasteiger partial charge on any atom is -0.463 e. The molecule has 50 valence electrons. The lowest BCUT2D eigenvalue weighted by atomic mass is 10.1. The van der Waals surface area contributed by atoms with Crippen molar-refractivity contribution in [3.05, 3.63) is 0 Å². The number of esters is 1. The van der Waals surface area contributed by atoms with E-state index in [1.165, 1.54) is 0 Å². The predicted octanol–water partition coefficient (Wildman–Crippen LogP) is 0.0908. The van der Waals surface area contributed by atoms with Gasteiger partial charge >= 0.3 is 5.97 Å². The topological polar surface area (TPSA) is 38.8 Å². The van der Waals surface area contributed by atoms with Gasteiger partial charge in [-0.25, -0.2) is 4.79 Å². The molecule has 0 bridgehead atoms. The number of ether oxygens (including phenoxy) is 2. The quantitative estimate of drug-likeness (QED) is 0.343. The fraction of sp³-hybridized carbons (Fsp3) is 0.833. The second-order valence-electron chi connectivity index (χ2n) is 2.54. The number of epoxide rings is 1. The summed E-state index contributed by atoms with van der Waals surface area (Å²) >= 11 is 0. The second kappa shape index (κ2) is 1.29. The summed E-state index contributed by atoms with van der Waals surface area (Å²) in [5.74, 6) is -0.171. The average molecular weight is 128 g/mol. The van der Waals surface area contributed by atoms with E-state index in [4.69, 9.17) is 9.47 Å². The maximum atomic E-state index is 10.8. The molecule has 0 aromatic carbocycles. The molecular formula is C6H8O3. The van der Waals surface area contributed by atoms with Gasteiger partial charge < -0.3 is 9.47 Å². The minimum atomic E-state index is -0.500. The summed E-state index contributed by atoms with van der Waals surface area (Å²) in [6.45, 7) is 2.43. The van der Waals surface area contributed by atoms with E-state index in [-0.39, 0.29) is 12.1 Å². The molecule has 3 heteroatoms. The van der Waals surface area contributed by atoms with Crippen LogP contribution in [0.4, 0.5) is 0 Å². The van der Waals surface area contributed by atoms with Gasteiger partial charge in [-0.05, 0) is 6.92 Å². The second-order valence-corrected chi connectivity index (χ2v) is 2.54. The number of hydrogen-bond donors (Lipinski definition) is 0. The summed E-state index contributed by atoms with van der Waals surface area (Å²) in [4.78, 5) is 10.8.